The van der Waals surface area contributed by atoms with Crippen molar-refractivity contribution in [2.24, 2.45) is 33.7 Å². The Balaban J connectivity index is 1.89. The molecule has 0 radical (unpaired) electrons. The molecule has 8 unspecified atom stereocenters. The largest absolute Gasteiger partial charge is 0.458 e. The van der Waals surface area contributed by atoms with Gasteiger partial charge >= 0.3 is 5.97 Å². The van der Waals surface area contributed by atoms with Gasteiger partial charge in [0, 0.05) is 34.3 Å². The number of ether oxygens (including phenoxy) is 1. The van der Waals surface area contributed by atoms with E-state index in [-0.39, 0.29) is 29.9 Å². The summed E-state index contributed by atoms with van der Waals surface area (Å²) < 4.78 is 22.1. The summed E-state index contributed by atoms with van der Waals surface area (Å²) in [5, 5.41) is 26.8. The number of rotatable bonds is 4. The Morgan fingerprint density at radius 2 is 2.06 bits per heavy atom. The Kier molecular flexibility index (Phi) is 5.43. The number of nitrogens with zero attached hydrogens (tertiary/aromatic N) is 3. The van der Waals surface area contributed by atoms with E-state index in [1.54, 1.807) is 20.8 Å². The van der Waals surface area contributed by atoms with Crippen molar-refractivity contribution < 1.29 is 33.7 Å². The highest BCUT2D eigenvalue weighted by atomic mass is 19.1. The lowest BCUT2D eigenvalue weighted by atomic mass is 9.46. The fourth-order valence-corrected chi connectivity index (χ4v) is 7.12. The van der Waals surface area contributed by atoms with E-state index in [1.165, 1.54) is 24.3 Å². The van der Waals surface area contributed by atoms with Crippen LogP contribution in [0.25, 0.3) is 10.4 Å². The second-order valence-corrected chi connectivity index (χ2v) is 10.4. The number of halogens is 1. The molecule has 0 spiro atoms. The number of aliphatic hydroxyl groups is 2. The molecular formula is C24H28FN3O6. The van der Waals surface area contributed by atoms with E-state index < -0.39 is 64.3 Å². The standard InChI is InChI=1S/C24H28FN3O6/c1-12-7-15-16-9-18(27-28-26)17-8-14(30)5-6-21(17,3)23(16,25)19(31)10-22(15,4)24(12,33)20(32)11-34-13(2)29/h5-6,8-9,12,15-16,19,31,33H,7,10-11H2,1-4H3. The van der Waals surface area contributed by atoms with Crippen molar-refractivity contribution in [3.05, 3.63) is 46.0 Å². The fraction of sp³-hybridized carbons (Fsp3) is 0.625. The molecule has 34 heavy (non-hydrogen) atoms. The average Bonchev–Trinajstić information content (AvgIpc) is 2.96. The number of esters is 1. The van der Waals surface area contributed by atoms with Crippen LogP contribution >= 0.6 is 0 Å². The normalized spacial score (nSPS) is 44.6. The first kappa shape index (κ1) is 24.3. The van der Waals surface area contributed by atoms with E-state index in [9.17, 15) is 24.6 Å². The summed E-state index contributed by atoms with van der Waals surface area (Å²) in [6.45, 7) is 5.39. The van der Waals surface area contributed by atoms with Crippen molar-refractivity contribution >= 4 is 17.5 Å². The van der Waals surface area contributed by atoms with Gasteiger partial charge in [-0.3, -0.25) is 14.4 Å². The highest BCUT2D eigenvalue weighted by Crippen LogP contribution is 2.70. The average molecular weight is 474 g/mol. The molecule has 8 atom stereocenters. The van der Waals surface area contributed by atoms with E-state index >= 15 is 4.39 Å². The molecular weight excluding hydrogens is 445 g/mol. The van der Waals surface area contributed by atoms with Gasteiger partial charge in [0.25, 0.3) is 0 Å². The van der Waals surface area contributed by atoms with Crippen LogP contribution in [-0.4, -0.2) is 51.7 Å². The highest BCUT2D eigenvalue weighted by molar-refractivity contribution is 6.02. The van der Waals surface area contributed by atoms with Crippen LogP contribution in [0.15, 0.2) is 40.7 Å². The lowest BCUT2D eigenvalue weighted by Gasteiger charge is -2.61. The van der Waals surface area contributed by atoms with Gasteiger partial charge in [-0.2, -0.15) is 0 Å². The summed E-state index contributed by atoms with van der Waals surface area (Å²) in [4.78, 5) is 39.3. The number of carbonyl (C=O) groups excluding carboxylic acids is 3. The smallest absolute Gasteiger partial charge is 0.303 e. The lowest BCUT2D eigenvalue weighted by Crippen LogP contribution is -2.69. The number of hydrogen-bond donors (Lipinski definition) is 2. The number of Topliss-reactive ketones (excluding diaryl/α,β-unsaturated/α-hetero) is 1. The third-order valence-electron chi connectivity index (χ3n) is 8.85. The minimum Gasteiger partial charge on any atom is -0.458 e. The molecule has 0 bridgehead atoms. The van der Waals surface area contributed by atoms with E-state index in [1.807, 2.05) is 0 Å². The second kappa shape index (κ2) is 7.60. The van der Waals surface area contributed by atoms with Crippen molar-refractivity contribution in [1.82, 2.24) is 0 Å². The third kappa shape index (κ3) is 2.85. The van der Waals surface area contributed by atoms with Crippen molar-refractivity contribution in [3.8, 4) is 0 Å². The van der Waals surface area contributed by atoms with Crippen molar-refractivity contribution in [3.63, 3.8) is 0 Å². The van der Waals surface area contributed by atoms with Gasteiger partial charge in [-0.1, -0.05) is 31.1 Å². The van der Waals surface area contributed by atoms with Crippen LogP contribution in [0.2, 0.25) is 0 Å². The molecule has 0 aliphatic heterocycles. The maximum Gasteiger partial charge on any atom is 0.303 e. The Morgan fingerprint density at radius 3 is 2.68 bits per heavy atom. The first-order valence-electron chi connectivity index (χ1n) is 11.3. The monoisotopic (exact) mass is 473 g/mol. The zero-order valence-corrected chi connectivity index (χ0v) is 19.5. The number of azide groups is 1. The second-order valence-electron chi connectivity index (χ2n) is 10.4. The maximum absolute atomic E-state index is 17.2. The molecule has 0 aromatic heterocycles. The predicted octanol–water partition coefficient (Wildman–Crippen LogP) is 2.88. The molecule has 2 N–H and O–H groups in total. The SMILES string of the molecule is CC(=O)OCC(=O)C1(O)C(C)CC2C3C=C(N=[N+]=[N-])C4=CC(=O)C=CC4(C)C3(F)C(O)CC21C. The van der Waals surface area contributed by atoms with Gasteiger partial charge in [0.05, 0.1) is 6.10 Å². The number of alkyl halides is 1. The lowest BCUT2D eigenvalue weighted by molar-refractivity contribution is -0.206. The summed E-state index contributed by atoms with van der Waals surface area (Å²) >= 11 is 0. The number of aliphatic hydroxyl groups excluding tert-OH is 1. The quantitative estimate of drug-likeness (QED) is 0.277. The third-order valence-corrected chi connectivity index (χ3v) is 8.85. The van der Waals surface area contributed by atoms with Crippen LogP contribution in [0.3, 0.4) is 0 Å². The van der Waals surface area contributed by atoms with Crippen molar-refractivity contribution in [1.29, 1.82) is 0 Å². The topological polar surface area (TPSA) is 150 Å². The van der Waals surface area contributed by atoms with Gasteiger partial charge < -0.3 is 14.9 Å². The summed E-state index contributed by atoms with van der Waals surface area (Å²) in [5.74, 6) is -4.02. The Hall–Kier alpha value is -2.81. The van der Waals surface area contributed by atoms with Gasteiger partial charge in [-0.15, -0.1) is 0 Å². The molecule has 2 fully saturated rings. The Labute approximate surface area is 196 Å². The number of ketones is 2. The number of fused-ring (bicyclic) bond motifs is 5. The summed E-state index contributed by atoms with van der Waals surface area (Å²) in [6.07, 6.45) is 3.69. The number of hydrogen-bond acceptors (Lipinski definition) is 7. The number of carbonyl (C=O) groups is 3. The van der Waals surface area contributed by atoms with Crippen molar-refractivity contribution in [2.75, 3.05) is 6.61 Å². The molecule has 182 valence electrons. The van der Waals surface area contributed by atoms with Gasteiger partial charge in [-0.25, -0.2) is 4.39 Å². The first-order chi connectivity index (χ1) is 15.8. The fourth-order valence-electron chi connectivity index (χ4n) is 7.12. The van der Waals surface area contributed by atoms with Crippen molar-refractivity contribution in [2.45, 2.75) is 57.9 Å². The highest BCUT2D eigenvalue weighted by Gasteiger charge is 2.75. The zero-order valence-electron chi connectivity index (χ0n) is 19.5. The Morgan fingerprint density at radius 1 is 1.38 bits per heavy atom. The molecule has 9 nitrogen and oxygen atoms in total. The van der Waals surface area contributed by atoms with Gasteiger partial charge in [0.2, 0.25) is 5.78 Å². The summed E-state index contributed by atoms with van der Waals surface area (Å²) in [7, 11) is 0. The molecule has 4 rings (SSSR count). The van der Waals surface area contributed by atoms with Crippen LogP contribution in [0.1, 0.15) is 40.5 Å². The van der Waals surface area contributed by atoms with E-state index in [0.29, 0.717) is 0 Å². The minimum absolute atomic E-state index is 0.0896. The van der Waals surface area contributed by atoms with E-state index in [0.717, 1.165) is 6.92 Å². The molecule has 0 saturated heterocycles. The van der Waals surface area contributed by atoms with Gasteiger partial charge in [-0.05, 0) is 54.9 Å². The molecule has 0 aromatic rings. The van der Waals surface area contributed by atoms with Crippen LogP contribution in [0.5, 0.6) is 0 Å². The molecule has 2 saturated carbocycles. The van der Waals surface area contributed by atoms with Crippen LogP contribution < -0.4 is 0 Å². The molecule has 0 aromatic carbocycles. The van der Waals surface area contributed by atoms with E-state index in [2.05, 4.69) is 10.0 Å². The molecule has 0 heterocycles. The zero-order chi connectivity index (χ0) is 25.3. The molecule has 4 aliphatic rings. The minimum atomic E-state index is -2.29. The van der Waals surface area contributed by atoms with Gasteiger partial charge in [0.1, 0.15) is 5.60 Å². The van der Waals surface area contributed by atoms with E-state index in [4.69, 9.17) is 10.3 Å². The molecule has 4 aliphatic carbocycles. The summed E-state index contributed by atoms with van der Waals surface area (Å²) in [6, 6.07) is 0. The predicted molar refractivity (Wildman–Crippen MR) is 117 cm³/mol. The van der Waals surface area contributed by atoms with Gasteiger partial charge in [0.15, 0.2) is 18.1 Å². The molecule has 0 amide bonds. The molecule has 10 heteroatoms. The Bertz CT molecular complexity index is 1130. The number of allylic oxidation sites excluding steroid dienone is 5. The van der Waals surface area contributed by atoms with Crippen LogP contribution in [0, 0.1) is 28.6 Å². The summed E-state index contributed by atoms with van der Waals surface area (Å²) in [5.41, 5.74) is 2.40. The first-order valence-corrected chi connectivity index (χ1v) is 11.3. The maximum atomic E-state index is 17.2. The van der Waals surface area contributed by atoms with Crippen LogP contribution in [-0.2, 0) is 19.1 Å². The van der Waals surface area contributed by atoms with Crippen LogP contribution in [0.4, 0.5) is 4.39 Å².